The predicted octanol–water partition coefficient (Wildman–Crippen LogP) is 3.94. The van der Waals surface area contributed by atoms with Gasteiger partial charge in [0, 0.05) is 16.7 Å². The fourth-order valence-electron chi connectivity index (χ4n) is 3.11. The third-order valence-corrected chi connectivity index (χ3v) is 4.72. The van der Waals surface area contributed by atoms with E-state index < -0.39 is 6.09 Å². The van der Waals surface area contributed by atoms with Crippen molar-refractivity contribution in [2.75, 3.05) is 11.9 Å². The van der Waals surface area contributed by atoms with Crippen molar-refractivity contribution in [3.05, 3.63) is 59.2 Å². The van der Waals surface area contributed by atoms with Crippen molar-refractivity contribution in [1.29, 1.82) is 0 Å². The van der Waals surface area contributed by atoms with E-state index in [0.29, 0.717) is 17.0 Å². The lowest BCUT2D eigenvalue weighted by molar-refractivity contribution is 0.1000. The number of benzene rings is 2. The Bertz CT molecular complexity index is 1100. The molecule has 0 bridgehead atoms. The Labute approximate surface area is 161 Å². The highest BCUT2D eigenvalue weighted by molar-refractivity contribution is 6.22. The molecule has 0 aliphatic carbocycles. The second-order valence-electron chi connectivity index (χ2n) is 6.70. The van der Waals surface area contributed by atoms with E-state index in [1.165, 1.54) is 0 Å². The van der Waals surface area contributed by atoms with Gasteiger partial charge in [0.2, 0.25) is 5.95 Å². The van der Waals surface area contributed by atoms with E-state index in [0.717, 1.165) is 28.8 Å². The molecule has 0 fully saturated rings. The van der Waals surface area contributed by atoms with Crippen LogP contribution in [-0.4, -0.2) is 40.2 Å². The van der Waals surface area contributed by atoms with E-state index in [1.807, 2.05) is 56.3 Å². The van der Waals surface area contributed by atoms with Gasteiger partial charge in [0.05, 0.1) is 16.7 Å². The average Bonchev–Trinajstić information content (AvgIpc) is 3.09. The quantitative estimate of drug-likeness (QED) is 0.721. The molecule has 1 unspecified atom stereocenters. The van der Waals surface area contributed by atoms with Gasteiger partial charge >= 0.3 is 6.09 Å². The van der Waals surface area contributed by atoms with Gasteiger partial charge in [0.15, 0.2) is 5.78 Å². The van der Waals surface area contributed by atoms with E-state index in [4.69, 9.17) is 4.74 Å². The summed E-state index contributed by atoms with van der Waals surface area (Å²) in [7, 11) is 0. The molecule has 0 spiro atoms. The van der Waals surface area contributed by atoms with Crippen LogP contribution in [0.4, 0.5) is 10.7 Å². The molecule has 3 aromatic rings. The number of anilines is 1. The zero-order valence-electron chi connectivity index (χ0n) is 15.7. The summed E-state index contributed by atoms with van der Waals surface area (Å²) in [5.41, 5.74) is 4.64. The number of hydrogen-bond acceptors (Lipinski definition) is 5. The van der Waals surface area contributed by atoms with Crippen molar-refractivity contribution in [3.8, 4) is 0 Å². The normalized spacial score (nSPS) is 14.4. The molecule has 4 rings (SSSR count). The highest BCUT2D eigenvalue weighted by Gasteiger charge is 2.21. The molecule has 0 radical (unpaired) electrons. The number of ketones is 1. The molecule has 28 heavy (non-hydrogen) atoms. The number of carbonyl (C=O) groups excluding carboxylic acids is 2. The third kappa shape index (κ3) is 3.38. The van der Waals surface area contributed by atoms with Crippen LogP contribution in [0.25, 0.3) is 11.0 Å². The van der Waals surface area contributed by atoms with E-state index in [1.54, 1.807) is 0 Å². The van der Waals surface area contributed by atoms with Gasteiger partial charge in [-0.25, -0.2) is 9.78 Å². The molecule has 7 heteroatoms. The first-order chi connectivity index (χ1) is 13.5. The molecule has 0 saturated heterocycles. The smallest absolute Gasteiger partial charge is 0.414 e. The fourth-order valence-corrected chi connectivity index (χ4v) is 3.11. The Morgan fingerprint density at radius 1 is 1.25 bits per heavy atom. The van der Waals surface area contributed by atoms with Gasteiger partial charge in [-0.05, 0) is 25.5 Å². The predicted molar refractivity (Wildman–Crippen MR) is 107 cm³/mol. The highest BCUT2D eigenvalue weighted by atomic mass is 16.6. The maximum absolute atomic E-state index is 12.1. The number of rotatable bonds is 4. The average molecular weight is 376 g/mol. The van der Waals surface area contributed by atoms with E-state index in [9.17, 15) is 9.59 Å². The molecule has 2 N–H and O–H groups in total. The van der Waals surface area contributed by atoms with Crippen LogP contribution in [0.5, 0.6) is 0 Å². The molecule has 1 amide bonds. The van der Waals surface area contributed by atoms with Crippen LogP contribution in [0.15, 0.2) is 47.5 Å². The van der Waals surface area contributed by atoms with Crippen molar-refractivity contribution in [2.24, 2.45) is 4.99 Å². The van der Waals surface area contributed by atoms with E-state index in [2.05, 4.69) is 20.3 Å². The lowest BCUT2D eigenvalue weighted by Crippen LogP contribution is -2.20. The van der Waals surface area contributed by atoms with Gasteiger partial charge in [0.1, 0.15) is 12.6 Å². The fraction of sp³-hybridized carbons (Fsp3) is 0.238. The Morgan fingerprint density at radius 2 is 2.04 bits per heavy atom. The van der Waals surface area contributed by atoms with Gasteiger partial charge in [-0.15, -0.1) is 0 Å². The van der Waals surface area contributed by atoms with Crippen LogP contribution in [0, 0.1) is 0 Å². The SMILES string of the molecule is CCC(C)OC(=O)Nc1nc2ccc(C3=NCC(=O)c4ccccc43)cc2[nH]1. The second kappa shape index (κ2) is 7.26. The Hall–Kier alpha value is -3.48. The number of hydrogen-bond donors (Lipinski definition) is 2. The van der Waals surface area contributed by atoms with E-state index in [-0.39, 0.29) is 18.4 Å². The topological polar surface area (TPSA) is 96.4 Å². The number of fused-ring (bicyclic) bond motifs is 2. The minimum absolute atomic E-state index is 0.0216. The molecule has 1 aliphatic heterocycles. The second-order valence-corrected chi connectivity index (χ2v) is 6.70. The summed E-state index contributed by atoms with van der Waals surface area (Å²) < 4.78 is 5.21. The minimum Gasteiger partial charge on any atom is -0.446 e. The summed E-state index contributed by atoms with van der Waals surface area (Å²) in [4.78, 5) is 35.9. The first-order valence-electron chi connectivity index (χ1n) is 9.20. The number of ether oxygens (including phenoxy) is 1. The standard InChI is InChI=1S/C21H20N4O3/c1-3-12(2)28-21(27)25-20-23-16-9-8-13(10-17(16)24-20)19-15-7-5-4-6-14(15)18(26)11-22-19/h4-10,12H,3,11H2,1-2H3,(H2,23,24,25,27). The van der Waals surface area contributed by atoms with Crippen molar-refractivity contribution < 1.29 is 14.3 Å². The first kappa shape index (κ1) is 17.9. The third-order valence-electron chi connectivity index (χ3n) is 4.72. The molecule has 2 heterocycles. The van der Waals surface area contributed by atoms with Crippen LogP contribution in [-0.2, 0) is 4.74 Å². The number of aliphatic imine (C=N–C) groups is 1. The van der Waals surface area contributed by atoms with Gasteiger partial charge < -0.3 is 9.72 Å². The lowest BCUT2D eigenvalue weighted by Gasteiger charge is -2.16. The van der Waals surface area contributed by atoms with Crippen molar-refractivity contribution >= 4 is 34.6 Å². The summed E-state index contributed by atoms with van der Waals surface area (Å²) in [6.07, 6.45) is 0.0315. The number of Topliss-reactive ketones (excluding diaryl/α,β-unsaturated/α-hetero) is 1. The molecular weight excluding hydrogens is 356 g/mol. The lowest BCUT2D eigenvalue weighted by atomic mass is 9.92. The number of aromatic amines is 1. The summed E-state index contributed by atoms with van der Waals surface area (Å²) in [6.45, 7) is 3.92. The molecule has 2 aromatic carbocycles. The molecule has 142 valence electrons. The van der Waals surface area contributed by atoms with Gasteiger partial charge in [-0.2, -0.15) is 0 Å². The Balaban J connectivity index is 1.62. The number of carbonyl (C=O) groups is 2. The Kier molecular flexibility index (Phi) is 4.65. The van der Waals surface area contributed by atoms with Gasteiger partial charge in [0.25, 0.3) is 0 Å². The van der Waals surface area contributed by atoms with Crippen LogP contribution in [0.2, 0.25) is 0 Å². The maximum Gasteiger partial charge on any atom is 0.414 e. The zero-order chi connectivity index (χ0) is 19.7. The van der Waals surface area contributed by atoms with Crippen LogP contribution in [0.3, 0.4) is 0 Å². The highest BCUT2D eigenvalue weighted by Crippen LogP contribution is 2.23. The molecule has 7 nitrogen and oxygen atoms in total. The van der Waals surface area contributed by atoms with Crippen LogP contribution < -0.4 is 5.32 Å². The van der Waals surface area contributed by atoms with Gasteiger partial charge in [-0.1, -0.05) is 37.3 Å². The van der Waals surface area contributed by atoms with Crippen LogP contribution in [0.1, 0.15) is 41.8 Å². The largest absolute Gasteiger partial charge is 0.446 e. The van der Waals surface area contributed by atoms with Crippen LogP contribution >= 0.6 is 0 Å². The molecular formula is C21H20N4O3. The number of H-pyrrole nitrogens is 1. The summed E-state index contributed by atoms with van der Waals surface area (Å²) in [6, 6.07) is 13.2. The first-order valence-corrected chi connectivity index (χ1v) is 9.20. The maximum atomic E-state index is 12.1. The number of nitrogens with one attached hydrogen (secondary N) is 2. The zero-order valence-corrected chi connectivity index (χ0v) is 15.7. The molecule has 0 saturated carbocycles. The minimum atomic E-state index is -0.544. The van der Waals surface area contributed by atoms with Gasteiger partial charge in [-0.3, -0.25) is 15.1 Å². The summed E-state index contributed by atoms with van der Waals surface area (Å²) >= 11 is 0. The van der Waals surface area contributed by atoms with E-state index >= 15 is 0 Å². The number of imidazole rings is 1. The molecule has 1 aromatic heterocycles. The van der Waals surface area contributed by atoms with Crippen molar-refractivity contribution in [2.45, 2.75) is 26.4 Å². The van der Waals surface area contributed by atoms with Crippen molar-refractivity contribution in [1.82, 2.24) is 9.97 Å². The number of aromatic nitrogens is 2. The molecule has 1 atom stereocenters. The monoisotopic (exact) mass is 376 g/mol. The Morgan fingerprint density at radius 3 is 2.82 bits per heavy atom. The van der Waals surface area contributed by atoms with Crippen molar-refractivity contribution in [3.63, 3.8) is 0 Å². The number of nitrogens with zero attached hydrogens (tertiary/aromatic N) is 2. The summed E-state index contributed by atoms with van der Waals surface area (Å²) in [5, 5.41) is 2.61. The summed E-state index contributed by atoms with van der Waals surface area (Å²) in [5.74, 6) is 0.342. The molecule has 1 aliphatic rings. The number of amides is 1.